The fourth-order valence-electron chi connectivity index (χ4n) is 4.51. The summed E-state index contributed by atoms with van der Waals surface area (Å²) in [5, 5.41) is 11.7. The Bertz CT molecular complexity index is 769. The zero-order chi connectivity index (χ0) is 23.7. The quantitative estimate of drug-likeness (QED) is 0.318. The molecule has 1 N–H and O–H groups in total. The van der Waals surface area contributed by atoms with Crippen LogP contribution in [-0.2, 0) is 38.1 Å². The molecule has 32 heavy (non-hydrogen) atoms. The summed E-state index contributed by atoms with van der Waals surface area (Å²) < 4.78 is 27.8. The van der Waals surface area contributed by atoms with Crippen LogP contribution in [0.4, 0.5) is 0 Å². The third-order valence-corrected chi connectivity index (χ3v) is 6.46. The summed E-state index contributed by atoms with van der Waals surface area (Å²) in [5.74, 6) is -1.91. The van der Waals surface area contributed by atoms with E-state index in [9.17, 15) is 19.5 Å². The Kier molecular flexibility index (Phi) is 7.19. The first-order chi connectivity index (χ1) is 15.0. The summed E-state index contributed by atoms with van der Waals surface area (Å²) in [6.45, 7) is 9.06. The first-order valence-corrected chi connectivity index (χ1v) is 11.3. The van der Waals surface area contributed by atoms with Gasteiger partial charge in [0.1, 0.15) is 29.8 Å². The Morgan fingerprint density at radius 3 is 2.44 bits per heavy atom. The van der Waals surface area contributed by atoms with Crippen LogP contribution in [0.1, 0.15) is 60.3 Å². The minimum absolute atomic E-state index is 0.0214. The molecule has 0 aromatic rings. The molecule has 0 unspecified atom stereocenters. The molecule has 2 heterocycles. The molecule has 0 amide bonds. The SMILES string of the molecule is CC[C@H](C)CC(=O)OCC1=CO[C@@H](OC(=O)CC(C)C)[C@@H]2[C@@]3(CO3)[C@@H](OC(C)=O)C[C@]12O. The molecule has 0 radical (unpaired) electrons. The molecule has 2 aliphatic heterocycles. The van der Waals surface area contributed by atoms with Gasteiger partial charge in [0.25, 0.3) is 6.29 Å². The van der Waals surface area contributed by atoms with Crippen molar-refractivity contribution in [3.05, 3.63) is 11.8 Å². The number of hydrogen-bond donors (Lipinski definition) is 1. The van der Waals surface area contributed by atoms with Crippen molar-refractivity contribution in [1.29, 1.82) is 0 Å². The highest BCUT2D eigenvalue weighted by atomic mass is 16.7. The first kappa shape index (κ1) is 24.5. The fraction of sp³-hybridized carbons (Fsp3) is 0.783. The fourth-order valence-corrected chi connectivity index (χ4v) is 4.51. The maximum atomic E-state index is 12.3. The Balaban J connectivity index is 1.82. The molecule has 1 saturated heterocycles. The van der Waals surface area contributed by atoms with E-state index >= 15 is 0 Å². The van der Waals surface area contributed by atoms with Gasteiger partial charge in [0.2, 0.25) is 0 Å². The second-order valence-electron chi connectivity index (χ2n) is 9.56. The summed E-state index contributed by atoms with van der Waals surface area (Å²) in [6.07, 6.45) is 0.748. The second-order valence-corrected chi connectivity index (χ2v) is 9.56. The second kappa shape index (κ2) is 9.39. The normalized spacial score (nSPS) is 33.7. The van der Waals surface area contributed by atoms with E-state index in [1.165, 1.54) is 13.2 Å². The molecule has 9 heteroatoms. The van der Waals surface area contributed by atoms with Crippen LogP contribution < -0.4 is 0 Å². The van der Waals surface area contributed by atoms with Gasteiger partial charge in [-0.05, 0) is 11.8 Å². The Morgan fingerprint density at radius 1 is 1.19 bits per heavy atom. The van der Waals surface area contributed by atoms with Crippen molar-refractivity contribution < 1.29 is 43.2 Å². The van der Waals surface area contributed by atoms with Gasteiger partial charge in [-0.3, -0.25) is 14.4 Å². The molecule has 0 aromatic heterocycles. The molecule has 3 aliphatic rings. The van der Waals surface area contributed by atoms with Gasteiger partial charge in [0.15, 0.2) is 0 Å². The summed E-state index contributed by atoms with van der Waals surface area (Å²) in [7, 11) is 0. The van der Waals surface area contributed by atoms with Crippen LogP contribution in [0.3, 0.4) is 0 Å². The van der Waals surface area contributed by atoms with Gasteiger partial charge in [-0.2, -0.15) is 0 Å². The molecule has 0 aromatic carbocycles. The lowest BCUT2D eigenvalue weighted by atomic mass is 9.79. The maximum Gasteiger partial charge on any atom is 0.309 e. The molecule has 2 fully saturated rings. The zero-order valence-electron chi connectivity index (χ0n) is 19.4. The predicted molar refractivity (Wildman–Crippen MR) is 111 cm³/mol. The Hall–Kier alpha value is -2.13. The summed E-state index contributed by atoms with van der Waals surface area (Å²) >= 11 is 0. The molecule has 1 saturated carbocycles. The number of fused-ring (bicyclic) bond motifs is 2. The zero-order valence-corrected chi connectivity index (χ0v) is 19.4. The lowest BCUT2D eigenvalue weighted by molar-refractivity contribution is -0.208. The molecule has 1 spiro atoms. The number of carbonyl (C=O) groups excluding carboxylic acids is 3. The lowest BCUT2D eigenvalue weighted by Crippen LogP contribution is -2.53. The summed E-state index contributed by atoms with van der Waals surface area (Å²) in [6, 6.07) is 0. The van der Waals surface area contributed by atoms with Crippen molar-refractivity contribution in [1.82, 2.24) is 0 Å². The number of epoxide rings is 1. The minimum atomic E-state index is -1.59. The molecule has 3 rings (SSSR count). The third-order valence-electron chi connectivity index (χ3n) is 6.46. The van der Waals surface area contributed by atoms with Gasteiger partial charge in [-0.25, -0.2) is 0 Å². The molecule has 9 nitrogen and oxygen atoms in total. The van der Waals surface area contributed by atoms with E-state index < -0.39 is 41.5 Å². The molecule has 0 bridgehead atoms. The van der Waals surface area contributed by atoms with Gasteiger partial charge in [0, 0.05) is 31.8 Å². The van der Waals surface area contributed by atoms with Gasteiger partial charge in [0.05, 0.1) is 12.9 Å². The smallest absolute Gasteiger partial charge is 0.309 e. The van der Waals surface area contributed by atoms with E-state index in [4.69, 9.17) is 23.7 Å². The highest BCUT2D eigenvalue weighted by Crippen LogP contribution is 2.59. The van der Waals surface area contributed by atoms with Crippen molar-refractivity contribution in [2.24, 2.45) is 17.8 Å². The Morgan fingerprint density at radius 2 is 1.88 bits per heavy atom. The standard InChI is InChI=1S/C23H34O9/c1-6-14(4)8-18(25)28-10-16-11-29-21(32-19(26)7-13(2)3)20-22(16,27)9-17(31-15(5)24)23(20)12-30-23/h11,13-14,17,20-21,27H,6-10,12H2,1-5H3/t14-,17-,20-,21-,22-,23+/m0/s1. The van der Waals surface area contributed by atoms with Gasteiger partial charge in [-0.15, -0.1) is 0 Å². The number of esters is 3. The van der Waals surface area contributed by atoms with Crippen LogP contribution in [0.25, 0.3) is 0 Å². The van der Waals surface area contributed by atoms with E-state index in [-0.39, 0.29) is 50.3 Å². The number of carbonyl (C=O) groups is 3. The summed E-state index contributed by atoms with van der Waals surface area (Å²) in [5.41, 5.74) is -2.29. The van der Waals surface area contributed by atoms with E-state index in [0.29, 0.717) is 5.57 Å². The number of hydrogen-bond acceptors (Lipinski definition) is 9. The van der Waals surface area contributed by atoms with Crippen LogP contribution in [-0.4, -0.2) is 59.8 Å². The highest BCUT2D eigenvalue weighted by molar-refractivity contribution is 5.70. The minimum Gasteiger partial charge on any atom is -0.462 e. The molecule has 180 valence electrons. The first-order valence-electron chi connectivity index (χ1n) is 11.3. The van der Waals surface area contributed by atoms with Crippen LogP contribution >= 0.6 is 0 Å². The third kappa shape index (κ3) is 4.93. The van der Waals surface area contributed by atoms with Crippen LogP contribution in [0, 0.1) is 17.8 Å². The van der Waals surface area contributed by atoms with Crippen LogP contribution in [0.15, 0.2) is 11.8 Å². The van der Waals surface area contributed by atoms with E-state index in [0.717, 1.165) is 6.42 Å². The van der Waals surface area contributed by atoms with Crippen LogP contribution in [0.5, 0.6) is 0 Å². The van der Waals surface area contributed by atoms with Crippen molar-refractivity contribution >= 4 is 17.9 Å². The Labute approximate surface area is 188 Å². The number of aliphatic hydroxyl groups is 1. The average molecular weight is 455 g/mol. The predicted octanol–water partition coefficient (Wildman–Crippen LogP) is 2.25. The molecule has 1 aliphatic carbocycles. The van der Waals surface area contributed by atoms with E-state index in [1.807, 2.05) is 27.7 Å². The molecule has 6 atom stereocenters. The molecular formula is C23H34O9. The van der Waals surface area contributed by atoms with Crippen molar-refractivity contribution in [3.63, 3.8) is 0 Å². The number of rotatable bonds is 9. The maximum absolute atomic E-state index is 12.3. The van der Waals surface area contributed by atoms with Crippen LogP contribution in [0.2, 0.25) is 0 Å². The monoisotopic (exact) mass is 454 g/mol. The van der Waals surface area contributed by atoms with E-state index in [2.05, 4.69) is 0 Å². The number of ether oxygens (including phenoxy) is 5. The topological polar surface area (TPSA) is 121 Å². The van der Waals surface area contributed by atoms with Crippen molar-refractivity contribution in [3.8, 4) is 0 Å². The lowest BCUT2D eigenvalue weighted by Gasteiger charge is -2.40. The largest absolute Gasteiger partial charge is 0.462 e. The van der Waals surface area contributed by atoms with Gasteiger partial charge in [-0.1, -0.05) is 34.1 Å². The van der Waals surface area contributed by atoms with Crippen molar-refractivity contribution in [2.45, 2.75) is 83.9 Å². The summed E-state index contributed by atoms with van der Waals surface area (Å²) in [4.78, 5) is 36.2. The van der Waals surface area contributed by atoms with Crippen molar-refractivity contribution in [2.75, 3.05) is 13.2 Å². The van der Waals surface area contributed by atoms with Gasteiger partial charge >= 0.3 is 17.9 Å². The van der Waals surface area contributed by atoms with E-state index in [1.54, 1.807) is 0 Å². The average Bonchev–Trinajstić information content (AvgIpc) is 3.42. The molecular weight excluding hydrogens is 420 g/mol. The highest BCUT2D eigenvalue weighted by Gasteiger charge is 2.76. The van der Waals surface area contributed by atoms with Gasteiger partial charge < -0.3 is 28.8 Å².